The Kier molecular flexibility index (Phi) is 4.46. The van der Waals surface area contributed by atoms with E-state index in [0.717, 1.165) is 0 Å². The molecule has 0 nitrogen and oxygen atoms in total. The van der Waals surface area contributed by atoms with E-state index in [9.17, 15) is 0 Å². The SMILES string of the molecule is [Se]c1ccccc1.[Zn]. The second kappa shape index (κ2) is 4.26. The van der Waals surface area contributed by atoms with Crippen LogP contribution in [0.1, 0.15) is 0 Å². The van der Waals surface area contributed by atoms with E-state index in [4.69, 9.17) is 0 Å². The number of hydrogen-bond donors (Lipinski definition) is 0. The van der Waals surface area contributed by atoms with Crippen LogP contribution >= 0.6 is 0 Å². The summed E-state index contributed by atoms with van der Waals surface area (Å²) >= 11 is 2.90. The first-order valence-electron chi connectivity index (χ1n) is 2.11. The van der Waals surface area contributed by atoms with Crippen LogP contribution in [0.2, 0.25) is 0 Å². The van der Waals surface area contributed by atoms with E-state index in [1.54, 1.807) is 0 Å². The first kappa shape index (κ1) is 8.36. The third kappa shape index (κ3) is 2.62. The van der Waals surface area contributed by atoms with Crippen LogP contribution in [0.15, 0.2) is 30.3 Å². The smallest absolute Gasteiger partial charge is 0 e. The molecule has 0 N–H and O–H groups in total. The minimum absolute atomic E-state index is 0. The van der Waals surface area contributed by atoms with E-state index in [2.05, 4.69) is 16.0 Å². The predicted octanol–water partition coefficient (Wildman–Crippen LogP) is 0.478. The van der Waals surface area contributed by atoms with E-state index in [-0.39, 0.29) is 19.5 Å². The first-order chi connectivity index (χ1) is 3.39. The van der Waals surface area contributed by atoms with Gasteiger partial charge in [0.05, 0.1) is 0 Å². The molecule has 0 aliphatic rings. The third-order valence-corrected chi connectivity index (χ3v) is 1.31. The van der Waals surface area contributed by atoms with Crippen LogP contribution in [-0.4, -0.2) is 16.0 Å². The monoisotopic (exact) mass is 221 g/mol. The molecule has 0 heterocycles. The van der Waals surface area contributed by atoms with Gasteiger partial charge in [0.25, 0.3) is 0 Å². The zero-order valence-corrected chi connectivity index (χ0v) is 9.18. The first-order valence-corrected chi connectivity index (χ1v) is 2.97. The van der Waals surface area contributed by atoms with Crippen molar-refractivity contribution in [3.63, 3.8) is 0 Å². The van der Waals surface area contributed by atoms with Crippen molar-refractivity contribution in [2.45, 2.75) is 0 Å². The molecule has 0 bridgehead atoms. The summed E-state index contributed by atoms with van der Waals surface area (Å²) < 4.78 is 1.20. The molecule has 0 unspecified atom stereocenters. The summed E-state index contributed by atoms with van der Waals surface area (Å²) in [7, 11) is 0. The Morgan fingerprint density at radius 2 is 1.50 bits per heavy atom. The van der Waals surface area contributed by atoms with Crippen LogP contribution in [0.5, 0.6) is 0 Å². The Morgan fingerprint density at radius 3 is 1.75 bits per heavy atom. The van der Waals surface area contributed by atoms with Crippen molar-refractivity contribution in [2.24, 2.45) is 0 Å². The van der Waals surface area contributed by atoms with Crippen molar-refractivity contribution < 1.29 is 19.5 Å². The molecule has 0 saturated heterocycles. The zero-order chi connectivity index (χ0) is 5.11. The molecule has 0 saturated carbocycles. The van der Waals surface area contributed by atoms with Gasteiger partial charge in [-0.1, -0.05) is 0 Å². The molecule has 1 radical (unpaired) electrons. The van der Waals surface area contributed by atoms with Crippen molar-refractivity contribution in [2.75, 3.05) is 0 Å². The van der Waals surface area contributed by atoms with Gasteiger partial charge in [0, 0.05) is 19.5 Å². The van der Waals surface area contributed by atoms with Gasteiger partial charge in [-0.25, -0.2) is 0 Å². The molecule has 0 aliphatic carbocycles. The normalized spacial score (nSPS) is 7.50. The van der Waals surface area contributed by atoms with Gasteiger partial charge in [0.1, 0.15) is 0 Å². The van der Waals surface area contributed by atoms with Crippen LogP contribution in [-0.2, 0) is 19.5 Å². The molecule has 1 aromatic carbocycles. The molecule has 0 fully saturated rings. The molecule has 0 amide bonds. The Bertz CT molecular complexity index is 138. The fourth-order valence-electron chi connectivity index (χ4n) is 0.420. The molecule has 0 spiro atoms. The minimum Gasteiger partial charge on any atom is 0 e. The van der Waals surface area contributed by atoms with Crippen LogP contribution in [0.25, 0.3) is 0 Å². The molecular weight excluding hydrogens is 216 g/mol. The zero-order valence-electron chi connectivity index (χ0n) is 4.50. The Balaban J connectivity index is 0.000000490. The average molecular weight is 221 g/mol. The van der Waals surface area contributed by atoms with Crippen molar-refractivity contribution in [1.29, 1.82) is 0 Å². The second-order valence-electron chi connectivity index (χ2n) is 1.31. The predicted molar refractivity (Wildman–Crippen MR) is 31.8 cm³/mol. The number of rotatable bonds is 0. The van der Waals surface area contributed by atoms with E-state index in [0.29, 0.717) is 0 Å². The van der Waals surface area contributed by atoms with Crippen molar-refractivity contribution >= 4 is 20.5 Å². The Hall–Kier alpha value is 0.363. The third-order valence-electron chi connectivity index (χ3n) is 0.743. The van der Waals surface area contributed by atoms with Crippen molar-refractivity contribution in [3.05, 3.63) is 30.3 Å². The molecule has 8 heavy (non-hydrogen) atoms. The Labute approximate surface area is 70.2 Å². The van der Waals surface area contributed by atoms with Gasteiger partial charge in [-0.15, -0.1) is 0 Å². The molecule has 1 aromatic rings. The molecule has 0 atom stereocenters. The summed E-state index contributed by atoms with van der Waals surface area (Å²) in [6.45, 7) is 0. The van der Waals surface area contributed by atoms with Gasteiger partial charge in [-0.2, -0.15) is 0 Å². The maximum absolute atomic E-state index is 2.90. The van der Waals surface area contributed by atoms with Crippen LogP contribution < -0.4 is 4.46 Å². The Morgan fingerprint density at radius 1 is 1.00 bits per heavy atom. The standard InChI is InChI=1S/C6H5Se.Zn/c7-6-4-2-1-3-5-6;/h1-5H;. The van der Waals surface area contributed by atoms with Crippen LogP contribution in [0.3, 0.4) is 0 Å². The van der Waals surface area contributed by atoms with Gasteiger partial charge in [0.2, 0.25) is 0 Å². The molecule has 1 rings (SSSR count). The number of hydrogen-bond acceptors (Lipinski definition) is 0. The van der Waals surface area contributed by atoms with E-state index in [1.165, 1.54) is 4.46 Å². The summed E-state index contributed by atoms with van der Waals surface area (Å²) in [5, 5.41) is 0. The fraction of sp³-hybridized carbons (Fsp3) is 0. The summed E-state index contributed by atoms with van der Waals surface area (Å²) in [5.41, 5.74) is 0. The van der Waals surface area contributed by atoms with E-state index >= 15 is 0 Å². The van der Waals surface area contributed by atoms with E-state index < -0.39 is 0 Å². The second-order valence-corrected chi connectivity index (χ2v) is 2.30. The van der Waals surface area contributed by atoms with Crippen molar-refractivity contribution in [3.8, 4) is 0 Å². The average Bonchev–Trinajstić information content (AvgIpc) is 1.69. The summed E-state index contributed by atoms with van der Waals surface area (Å²) in [5.74, 6) is 0. The summed E-state index contributed by atoms with van der Waals surface area (Å²) in [6.07, 6.45) is 0. The molecule has 37 valence electrons. The maximum atomic E-state index is 2.90. The van der Waals surface area contributed by atoms with Gasteiger partial charge >= 0.3 is 50.8 Å². The van der Waals surface area contributed by atoms with Gasteiger partial charge in [-0.05, 0) is 0 Å². The van der Waals surface area contributed by atoms with Gasteiger partial charge < -0.3 is 0 Å². The van der Waals surface area contributed by atoms with E-state index in [1.807, 2.05) is 30.3 Å². The molecule has 0 aliphatic heterocycles. The topological polar surface area (TPSA) is 0 Å². The minimum atomic E-state index is 0. The largest absolute Gasteiger partial charge is 0 e. The summed E-state index contributed by atoms with van der Waals surface area (Å²) in [6, 6.07) is 10.1. The van der Waals surface area contributed by atoms with Crippen LogP contribution in [0, 0.1) is 0 Å². The molecular formula is C6H5SeZn. The van der Waals surface area contributed by atoms with Crippen molar-refractivity contribution in [1.82, 2.24) is 0 Å². The maximum Gasteiger partial charge on any atom is 0 e. The van der Waals surface area contributed by atoms with Gasteiger partial charge in [-0.3, -0.25) is 0 Å². The molecule has 0 aromatic heterocycles. The van der Waals surface area contributed by atoms with Crippen LogP contribution in [0.4, 0.5) is 0 Å². The summed E-state index contributed by atoms with van der Waals surface area (Å²) in [4.78, 5) is 0. The fourth-order valence-corrected chi connectivity index (χ4v) is 0.750. The quantitative estimate of drug-likeness (QED) is 0.559. The number of benzene rings is 1. The molecule has 2 heteroatoms. The van der Waals surface area contributed by atoms with Gasteiger partial charge in [0.15, 0.2) is 0 Å².